The van der Waals surface area contributed by atoms with Gasteiger partial charge in [-0.15, -0.1) is 0 Å². The number of carboxylic acids is 1. The summed E-state index contributed by atoms with van der Waals surface area (Å²) >= 11 is 1.86. The maximum Gasteiger partial charge on any atom is 0.317 e. The lowest BCUT2D eigenvalue weighted by Gasteiger charge is -2.33. The van der Waals surface area contributed by atoms with E-state index in [1.54, 1.807) is 11.8 Å². The van der Waals surface area contributed by atoms with Gasteiger partial charge in [-0.25, -0.2) is 4.79 Å². The Balaban J connectivity index is 2.52. The van der Waals surface area contributed by atoms with E-state index in [0.717, 1.165) is 19.3 Å². The molecule has 5 nitrogen and oxygen atoms in total. The van der Waals surface area contributed by atoms with Crippen molar-refractivity contribution in [2.75, 3.05) is 12.8 Å². The lowest BCUT2D eigenvalue weighted by molar-refractivity contribution is -0.138. The van der Waals surface area contributed by atoms with Gasteiger partial charge >= 0.3 is 12.0 Å². The first-order valence-electron chi connectivity index (χ1n) is 7.29. The minimum absolute atomic E-state index is 0.0145. The van der Waals surface area contributed by atoms with Crippen LogP contribution < -0.4 is 5.32 Å². The first kappa shape index (κ1) is 17.1. The second kappa shape index (κ2) is 8.39. The van der Waals surface area contributed by atoms with Crippen molar-refractivity contribution in [3.63, 3.8) is 0 Å². The largest absolute Gasteiger partial charge is 0.481 e. The Kier molecular flexibility index (Phi) is 7.19. The SMILES string of the molecule is CCN(C(=O)NC1CCCC(SC)C1)C(C)CC(=O)O. The Labute approximate surface area is 125 Å². The van der Waals surface area contributed by atoms with Crippen molar-refractivity contribution in [3.05, 3.63) is 0 Å². The molecular weight excluding hydrogens is 276 g/mol. The second-order valence-corrected chi connectivity index (χ2v) is 6.54. The summed E-state index contributed by atoms with van der Waals surface area (Å²) in [4.78, 5) is 24.6. The fourth-order valence-electron chi connectivity index (χ4n) is 2.77. The highest BCUT2D eigenvalue weighted by atomic mass is 32.2. The van der Waals surface area contributed by atoms with Crippen molar-refractivity contribution in [2.45, 2.75) is 63.3 Å². The van der Waals surface area contributed by atoms with Crippen LogP contribution in [0.15, 0.2) is 0 Å². The fourth-order valence-corrected chi connectivity index (χ4v) is 3.59. The van der Waals surface area contributed by atoms with Crippen LogP contribution in [0.4, 0.5) is 4.79 Å². The molecule has 3 atom stereocenters. The number of aliphatic carboxylic acids is 1. The predicted molar refractivity (Wildman–Crippen MR) is 82.2 cm³/mol. The summed E-state index contributed by atoms with van der Waals surface area (Å²) in [6.07, 6.45) is 6.50. The molecule has 1 rings (SSSR count). The van der Waals surface area contributed by atoms with Gasteiger partial charge in [-0.05, 0) is 39.4 Å². The van der Waals surface area contributed by atoms with E-state index in [4.69, 9.17) is 5.11 Å². The van der Waals surface area contributed by atoms with Gasteiger partial charge in [0.1, 0.15) is 0 Å². The molecule has 0 spiro atoms. The Morgan fingerprint density at radius 1 is 1.45 bits per heavy atom. The van der Waals surface area contributed by atoms with E-state index in [9.17, 15) is 9.59 Å². The zero-order valence-corrected chi connectivity index (χ0v) is 13.4. The molecule has 0 radical (unpaired) electrons. The molecular formula is C14H26N2O3S. The third kappa shape index (κ3) is 5.23. The van der Waals surface area contributed by atoms with E-state index in [-0.39, 0.29) is 24.5 Å². The molecule has 0 aromatic carbocycles. The van der Waals surface area contributed by atoms with Crippen LogP contribution in [0.5, 0.6) is 0 Å². The molecule has 1 aliphatic rings. The van der Waals surface area contributed by atoms with E-state index in [1.807, 2.05) is 18.7 Å². The van der Waals surface area contributed by atoms with Crippen LogP contribution >= 0.6 is 11.8 Å². The number of hydrogen-bond acceptors (Lipinski definition) is 3. The minimum Gasteiger partial charge on any atom is -0.481 e. The molecule has 0 saturated heterocycles. The molecule has 1 aliphatic carbocycles. The summed E-state index contributed by atoms with van der Waals surface area (Å²) in [6, 6.07) is -0.190. The topological polar surface area (TPSA) is 69.6 Å². The van der Waals surface area contributed by atoms with Crippen molar-refractivity contribution in [1.82, 2.24) is 10.2 Å². The van der Waals surface area contributed by atoms with Crippen LogP contribution in [-0.4, -0.2) is 52.1 Å². The lowest BCUT2D eigenvalue weighted by atomic mass is 9.95. The van der Waals surface area contributed by atoms with Gasteiger partial charge in [-0.3, -0.25) is 4.79 Å². The predicted octanol–water partition coefficient (Wildman–Crippen LogP) is 2.56. The molecule has 20 heavy (non-hydrogen) atoms. The Morgan fingerprint density at radius 3 is 2.70 bits per heavy atom. The van der Waals surface area contributed by atoms with Gasteiger partial charge in [0.05, 0.1) is 6.42 Å². The third-order valence-electron chi connectivity index (χ3n) is 3.89. The Bertz CT molecular complexity index is 338. The Morgan fingerprint density at radius 2 is 2.15 bits per heavy atom. The zero-order valence-electron chi connectivity index (χ0n) is 12.6. The van der Waals surface area contributed by atoms with E-state index in [2.05, 4.69) is 11.6 Å². The van der Waals surface area contributed by atoms with Gasteiger partial charge in [0.2, 0.25) is 0 Å². The van der Waals surface area contributed by atoms with Crippen LogP contribution in [0.3, 0.4) is 0 Å². The van der Waals surface area contributed by atoms with Crippen molar-refractivity contribution in [3.8, 4) is 0 Å². The fraction of sp³-hybridized carbons (Fsp3) is 0.857. The maximum atomic E-state index is 12.3. The van der Waals surface area contributed by atoms with E-state index < -0.39 is 5.97 Å². The van der Waals surface area contributed by atoms with Gasteiger partial charge in [0.25, 0.3) is 0 Å². The van der Waals surface area contributed by atoms with E-state index in [0.29, 0.717) is 11.8 Å². The smallest absolute Gasteiger partial charge is 0.317 e. The van der Waals surface area contributed by atoms with Crippen molar-refractivity contribution >= 4 is 23.8 Å². The molecule has 3 unspecified atom stereocenters. The number of urea groups is 1. The summed E-state index contributed by atoms with van der Waals surface area (Å²) in [5.41, 5.74) is 0. The highest BCUT2D eigenvalue weighted by Crippen LogP contribution is 2.27. The number of carboxylic acid groups (broad SMARTS) is 1. The van der Waals surface area contributed by atoms with Crippen LogP contribution in [0.2, 0.25) is 0 Å². The first-order chi connectivity index (χ1) is 9.47. The van der Waals surface area contributed by atoms with Crippen LogP contribution in [0.25, 0.3) is 0 Å². The maximum absolute atomic E-state index is 12.3. The van der Waals surface area contributed by atoms with Crippen LogP contribution in [0, 0.1) is 0 Å². The molecule has 1 saturated carbocycles. The molecule has 0 aliphatic heterocycles. The van der Waals surface area contributed by atoms with Gasteiger partial charge in [-0.1, -0.05) is 6.42 Å². The van der Waals surface area contributed by atoms with E-state index >= 15 is 0 Å². The summed E-state index contributed by atoms with van der Waals surface area (Å²) in [7, 11) is 0. The summed E-state index contributed by atoms with van der Waals surface area (Å²) in [5.74, 6) is -0.871. The summed E-state index contributed by atoms with van der Waals surface area (Å²) < 4.78 is 0. The number of nitrogens with one attached hydrogen (secondary N) is 1. The third-order valence-corrected chi connectivity index (χ3v) is 4.99. The van der Waals surface area contributed by atoms with Crippen molar-refractivity contribution in [2.24, 2.45) is 0 Å². The van der Waals surface area contributed by atoms with Crippen LogP contribution in [-0.2, 0) is 4.79 Å². The lowest BCUT2D eigenvalue weighted by Crippen LogP contribution is -2.50. The number of hydrogen-bond donors (Lipinski definition) is 2. The molecule has 2 N–H and O–H groups in total. The van der Waals surface area contributed by atoms with Crippen LogP contribution in [0.1, 0.15) is 46.0 Å². The molecule has 6 heteroatoms. The number of nitrogens with zero attached hydrogens (tertiary/aromatic N) is 1. The highest BCUT2D eigenvalue weighted by molar-refractivity contribution is 7.99. The molecule has 0 bridgehead atoms. The zero-order chi connectivity index (χ0) is 15.1. The number of thioether (sulfide) groups is 1. The molecule has 116 valence electrons. The number of carbonyl (C=O) groups excluding carboxylic acids is 1. The average Bonchev–Trinajstić information content (AvgIpc) is 2.38. The molecule has 0 aromatic rings. The van der Waals surface area contributed by atoms with Crippen molar-refractivity contribution in [1.29, 1.82) is 0 Å². The average molecular weight is 302 g/mol. The molecule has 2 amide bonds. The van der Waals surface area contributed by atoms with Gasteiger partial charge in [0, 0.05) is 23.9 Å². The first-order valence-corrected chi connectivity index (χ1v) is 8.58. The molecule has 1 fully saturated rings. The quantitative estimate of drug-likeness (QED) is 0.791. The van der Waals surface area contributed by atoms with Crippen molar-refractivity contribution < 1.29 is 14.7 Å². The summed E-state index contributed by atoms with van der Waals surface area (Å²) in [5, 5.41) is 12.5. The van der Waals surface area contributed by atoms with E-state index in [1.165, 1.54) is 6.42 Å². The van der Waals surface area contributed by atoms with Gasteiger partial charge in [-0.2, -0.15) is 11.8 Å². The number of amides is 2. The van der Waals surface area contributed by atoms with Gasteiger partial charge in [0.15, 0.2) is 0 Å². The molecule has 0 heterocycles. The number of rotatable bonds is 6. The minimum atomic E-state index is -0.871. The number of carbonyl (C=O) groups is 2. The highest BCUT2D eigenvalue weighted by Gasteiger charge is 2.26. The standard InChI is InChI=1S/C14H26N2O3S/c1-4-16(10(2)8-13(17)18)14(19)15-11-6-5-7-12(9-11)20-3/h10-12H,4-9H2,1-3H3,(H,15,19)(H,17,18). The Hall–Kier alpha value is -0.910. The summed E-state index contributed by atoms with van der Waals surface area (Å²) in [6.45, 7) is 4.19. The normalized spacial score (nSPS) is 23.9. The monoisotopic (exact) mass is 302 g/mol. The molecule has 0 aromatic heterocycles. The second-order valence-electron chi connectivity index (χ2n) is 5.40. The van der Waals surface area contributed by atoms with Gasteiger partial charge < -0.3 is 15.3 Å².